The Morgan fingerprint density at radius 1 is 1.04 bits per heavy atom. The van der Waals surface area contributed by atoms with Crippen LogP contribution in [-0.4, -0.2) is 14.3 Å². The van der Waals surface area contributed by atoms with Crippen LogP contribution in [0.25, 0.3) is 0 Å². The molecule has 0 aliphatic carbocycles. The second kappa shape index (κ2) is 8.63. The molecule has 0 aliphatic heterocycles. The number of halogens is 1. The maximum absolute atomic E-state index is 12.4. The lowest BCUT2D eigenvalue weighted by Crippen LogP contribution is -2.22. The minimum absolute atomic E-state index is 0.0628. The predicted octanol–water partition coefficient (Wildman–Crippen LogP) is 4.29. The van der Waals surface area contributed by atoms with Gasteiger partial charge in [0.2, 0.25) is 0 Å². The average Bonchev–Trinajstić information content (AvgIpc) is 3.08. The van der Waals surface area contributed by atoms with Crippen molar-refractivity contribution in [3.63, 3.8) is 0 Å². The van der Waals surface area contributed by atoms with Gasteiger partial charge in [-0.3, -0.25) is 4.79 Å². The van der Waals surface area contributed by atoms with E-state index in [0.717, 1.165) is 16.7 Å². The number of hydrogen-bond acceptors (Lipinski definition) is 4. The monoisotopic (exact) mass is 417 g/mol. The molecule has 0 saturated heterocycles. The van der Waals surface area contributed by atoms with Crippen LogP contribution in [0.4, 0.5) is 0 Å². The molecule has 1 N–H and O–H groups in total. The summed E-state index contributed by atoms with van der Waals surface area (Å²) < 4.78 is 30.3. The van der Waals surface area contributed by atoms with Gasteiger partial charge < -0.3 is 9.73 Å². The Morgan fingerprint density at radius 3 is 2.57 bits per heavy atom. The van der Waals surface area contributed by atoms with Crippen LogP contribution in [0, 0.1) is 6.92 Å². The molecule has 1 heterocycles. The van der Waals surface area contributed by atoms with Crippen molar-refractivity contribution < 1.29 is 17.6 Å². The largest absolute Gasteiger partial charge is 0.455 e. The van der Waals surface area contributed by atoms with Crippen molar-refractivity contribution in [3.05, 3.63) is 93.9 Å². The van der Waals surface area contributed by atoms with Gasteiger partial charge in [0.1, 0.15) is 11.5 Å². The molecule has 2 aromatic carbocycles. The first-order chi connectivity index (χ1) is 13.3. The van der Waals surface area contributed by atoms with Gasteiger partial charge in [0, 0.05) is 11.6 Å². The second-order valence-corrected chi connectivity index (χ2v) is 9.03. The van der Waals surface area contributed by atoms with Crippen molar-refractivity contribution in [2.75, 3.05) is 0 Å². The molecule has 0 atom stereocenters. The molecule has 3 aromatic rings. The number of carbonyl (C=O) groups excluding carboxylic acids is 1. The Bertz CT molecular complexity index is 1090. The van der Waals surface area contributed by atoms with Crippen LogP contribution < -0.4 is 5.32 Å². The molecular formula is C21H20ClNO4S. The smallest absolute Gasteiger partial charge is 0.287 e. The summed E-state index contributed by atoms with van der Waals surface area (Å²) in [4.78, 5) is 12.2. The third-order valence-corrected chi connectivity index (χ3v) is 5.98. The van der Waals surface area contributed by atoms with Crippen molar-refractivity contribution in [1.29, 1.82) is 0 Å². The SMILES string of the molecule is Cc1cccc(CS(=O)(=O)Cc2ccc(C(=O)NCc3ccccc3Cl)o2)c1. The minimum Gasteiger partial charge on any atom is -0.455 e. The first kappa shape index (κ1) is 20.2. The predicted molar refractivity (Wildman–Crippen MR) is 109 cm³/mol. The molecule has 1 aromatic heterocycles. The van der Waals surface area contributed by atoms with Gasteiger partial charge in [-0.25, -0.2) is 8.42 Å². The zero-order chi connectivity index (χ0) is 20.1. The molecule has 1 amide bonds. The van der Waals surface area contributed by atoms with E-state index in [4.69, 9.17) is 16.0 Å². The molecule has 0 fully saturated rings. The molecule has 0 spiro atoms. The molecule has 0 aliphatic rings. The topological polar surface area (TPSA) is 76.4 Å². The van der Waals surface area contributed by atoms with Crippen molar-refractivity contribution in [3.8, 4) is 0 Å². The number of rotatable bonds is 7. The van der Waals surface area contributed by atoms with E-state index in [0.29, 0.717) is 5.02 Å². The van der Waals surface area contributed by atoms with Crippen LogP contribution in [0.5, 0.6) is 0 Å². The summed E-state index contributed by atoms with van der Waals surface area (Å²) in [6, 6.07) is 17.5. The molecule has 3 rings (SSSR count). The normalized spacial score (nSPS) is 11.4. The van der Waals surface area contributed by atoms with Crippen molar-refractivity contribution >= 4 is 27.3 Å². The van der Waals surface area contributed by atoms with Crippen LogP contribution in [0.15, 0.2) is 65.1 Å². The van der Waals surface area contributed by atoms with Gasteiger partial charge in [0.15, 0.2) is 15.6 Å². The van der Waals surface area contributed by atoms with Crippen LogP contribution in [-0.2, 0) is 27.9 Å². The summed E-state index contributed by atoms with van der Waals surface area (Å²) in [6.07, 6.45) is 0. The number of furan rings is 1. The van der Waals surface area contributed by atoms with E-state index in [1.807, 2.05) is 43.3 Å². The Kier molecular flexibility index (Phi) is 6.21. The number of sulfone groups is 1. The summed E-state index contributed by atoms with van der Waals surface area (Å²) in [5.41, 5.74) is 2.51. The summed E-state index contributed by atoms with van der Waals surface area (Å²) in [5, 5.41) is 3.27. The second-order valence-electron chi connectivity index (χ2n) is 6.56. The Labute approximate surface area is 169 Å². The third kappa shape index (κ3) is 5.47. The molecule has 7 heteroatoms. The van der Waals surface area contributed by atoms with Crippen molar-refractivity contribution in [2.45, 2.75) is 25.0 Å². The summed E-state index contributed by atoms with van der Waals surface area (Å²) in [6.45, 7) is 2.16. The maximum atomic E-state index is 12.4. The number of carbonyl (C=O) groups is 1. The van der Waals surface area contributed by atoms with Crippen molar-refractivity contribution in [1.82, 2.24) is 5.32 Å². The maximum Gasteiger partial charge on any atom is 0.287 e. The van der Waals surface area contributed by atoms with E-state index in [9.17, 15) is 13.2 Å². The number of amides is 1. The van der Waals surface area contributed by atoms with Crippen molar-refractivity contribution in [2.24, 2.45) is 0 Å². The zero-order valence-corrected chi connectivity index (χ0v) is 16.9. The molecule has 0 radical (unpaired) electrons. The van der Waals surface area contributed by atoms with Crippen LogP contribution in [0.1, 0.15) is 33.0 Å². The van der Waals surface area contributed by atoms with E-state index in [1.54, 1.807) is 12.1 Å². The number of hydrogen-bond donors (Lipinski definition) is 1. The lowest BCUT2D eigenvalue weighted by atomic mass is 10.2. The van der Waals surface area contributed by atoms with Gasteiger partial charge >= 0.3 is 0 Å². The summed E-state index contributed by atoms with van der Waals surface area (Å²) in [7, 11) is -3.42. The van der Waals surface area contributed by atoms with Gasteiger partial charge in [0.05, 0.1) is 5.75 Å². The zero-order valence-electron chi connectivity index (χ0n) is 15.3. The number of aryl methyl sites for hydroxylation is 1. The van der Waals surface area contributed by atoms with Gasteiger partial charge in [-0.2, -0.15) is 0 Å². The molecule has 146 valence electrons. The number of benzene rings is 2. The van der Waals surface area contributed by atoms with Gasteiger partial charge in [-0.15, -0.1) is 0 Å². The minimum atomic E-state index is -3.42. The summed E-state index contributed by atoms with van der Waals surface area (Å²) in [5.74, 6) is -0.479. The van der Waals surface area contributed by atoms with Crippen LogP contribution in [0.2, 0.25) is 5.02 Å². The van der Waals surface area contributed by atoms with Crippen LogP contribution >= 0.6 is 11.6 Å². The highest BCUT2D eigenvalue weighted by Crippen LogP contribution is 2.17. The Hall–Kier alpha value is -2.57. The molecule has 0 saturated carbocycles. The highest BCUT2D eigenvalue weighted by Gasteiger charge is 2.18. The Morgan fingerprint density at radius 2 is 1.82 bits per heavy atom. The van der Waals surface area contributed by atoms with E-state index in [-0.39, 0.29) is 29.6 Å². The fraction of sp³-hybridized carbons (Fsp3) is 0.190. The molecule has 28 heavy (non-hydrogen) atoms. The average molecular weight is 418 g/mol. The number of nitrogens with one attached hydrogen (secondary N) is 1. The van der Waals surface area contributed by atoms with E-state index in [1.165, 1.54) is 12.1 Å². The van der Waals surface area contributed by atoms with E-state index in [2.05, 4.69) is 5.32 Å². The third-order valence-electron chi connectivity index (χ3n) is 4.11. The lowest BCUT2D eigenvalue weighted by Gasteiger charge is -2.06. The van der Waals surface area contributed by atoms with E-state index >= 15 is 0 Å². The molecule has 5 nitrogen and oxygen atoms in total. The fourth-order valence-corrected chi connectivity index (χ4v) is 4.39. The van der Waals surface area contributed by atoms with Gasteiger partial charge in [-0.1, -0.05) is 59.6 Å². The highest BCUT2D eigenvalue weighted by atomic mass is 35.5. The lowest BCUT2D eigenvalue weighted by molar-refractivity contribution is 0.0921. The van der Waals surface area contributed by atoms with Gasteiger partial charge in [0.25, 0.3) is 5.91 Å². The quantitative estimate of drug-likeness (QED) is 0.622. The van der Waals surface area contributed by atoms with E-state index < -0.39 is 15.7 Å². The Balaban J connectivity index is 1.61. The summed E-state index contributed by atoms with van der Waals surface area (Å²) >= 11 is 6.07. The fourth-order valence-electron chi connectivity index (χ4n) is 2.81. The highest BCUT2D eigenvalue weighted by molar-refractivity contribution is 7.89. The van der Waals surface area contributed by atoms with Gasteiger partial charge in [-0.05, 0) is 36.2 Å². The molecule has 0 unspecified atom stereocenters. The first-order valence-electron chi connectivity index (χ1n) is 8.69. The molecule has 0 bridgehead atoms. The molecular weight excluding hydrogens is 398 g/mol. The van der Waals surface area contributed by atoms with Crippen LogP contribution in [0.3, 0.4) is 0 Å². The standard InChI is InChI=1S/C21H20ClNO4S/c1-15-5-4-6-16(11-15)13-28(25,26)14-18-9-10-20(27-18)21(24)23-12-17-7-2-3-8-19(17)22/h2-11H,12-14H2,1H3,(H,23,24). The first-order valence-corrected chi connectivity index (χ1v) is 10.9.